The highest BCUT2D eigenvalue weighted by atomic mass is 16.6. The molecular weight excluding hydrogens is 396 g/mol. The number of hydrogen-bond acceptors (Lipinski definition) is 5. The highest BCUT2D eigenvalue weighted by Gasteiger charge is 2.46. The third-order valence-corrected chi connectivity index (χ3v) is 6.17. The first kappa shape index (κ1) is 23.1. The normalized spacial score (nSPS) is 22.1. The Balaban J connectivity index is 1.78. The predicted octanol–water partition coefficient (Wildman–Crippen LogP) is 4.62. The molecule has 1 saturated heterocycles. The van der Waals surface area contributed by atoms with Crippen LogP contribution in [0.25, 0.3) is 0 Å². The highest BCUT2D eigenvalue weighted by Crippen LogP contribution is 2.39. The molecule has 7 nitrogen and oxygen atoms in total. The van der Waals surface area contributed by atoms with E-state index in [2.05, 4.69) is 5.32 Å². The summed E-state index contributed by atoms with van der Waals surface area (Å²) in [6, 6.07) is 6.01. The van der Waals surface area contributed by atoms with Gasteiger partial charge in [0, 0.05) is 12.2 Å². The Kier molecular flexibility index (Phi) is 7.23. The van der Waals surface area contributed by atoms with Gasteiger partial charge in [-0.3, -0.25) is 9.69 Å². The number of amides is 2. The summed E-state index contributed by atoms with van der Waals surface area (Å²) < 4.78 is 10.3. The van der Waals surface area contributed by atoms with Crippen molar-refractivity contribution < 1.29 is 23.9 Å². The summed E-state index contributed by atoms with van der Waals surface area (Å²) in [5, 5.41) is 2.94. The van der Waals surface area contributed by atoms with Crippen molar-refractivity contribution in [3.8, 4) is 0 Å². The number of methoxy groups -OCH3 is 1. The number of rotatable bonds is 4. The van der Waals surface area contributed by atoms with Crippen LogP contribution in [0.5, 0.6) is 0 Å². The van der Waals surface area contributed by atoms with Gasteiger partial charge in [0.2, 0.25) is 5.91 Å². The molecule has 2 atom stereocenters. The topological polar surface area (TPSA) is 84.9 Å². The van der Waals surface area contributed by atoms with Crippen molar-refractivity contribution in [2.24, 2.45) is 11.8 Å². The van der Waals surface area contributed by atoms with Gasteiger partial charge in [-0.2, -0.15) is 0 Å². The molecule has 1 heterocycles. The lowest BCUT2D eigenvalue weighted by Gasteiger charge is -2.34. The van der Waals surface area contributed by atoms with Crippen LogP contribution in [0.2, 0.25) is 0 Å². The van der Waals surface area contributed by atoms with Crippen molar-refractivity contribution in [3.05, 3.63) is 29.8 Å². The van der Waals surface area contributed by atoms with E-state index in [1.54, 1.807) is 29.2 Å². The summed E-state index contributed by atoms with van der Waals surface area (Å²) in [4.78, 5) is 39.5. The van der Waals surface area contributed by atoms with Gasteiger partial charge in [0.25, 0.3) is 0 Å². The van der Waals surface area contributed by atoms with Gasteiger partial charge in [0.05, 0.1) is 12.7 Å². The van der Waals surface area contributed by atoms with Crippen molar-refractivity contribution in [2.75, 3.05) is 19.0 Å². The highest BCUT2D eigenvalue weighted by molar-refractivity contribution is 5.98. The van der Waals surface area contributed by atoms with Gasteiger partial charge in [-0.1, -0.05) is 32.1 Å². The average molecular weight is 431 g/mol. The summed E-state index contributed by atoms with van der Waals surface area (Å²) in [5.41, 5.74) is 0.373. The van der Waals surface area contributed by atoms with Crippen LogP contribution in [0.1, 0.15) is 69.7 Å². The van der Waals surface area contributed by atoms with Crippen molar-refractivity contribution in [3.63, 3.8) is 0 Å². The molecule has 1 N–H and O–H groups in total. The summed E-state index contributed by atoms with van der Waals surface area (Å²) in [6.45, 7) is 6.02. The van der Waals surface area contributed by atoms with E-state index in [1.165, 1.54) is 26.4 Å². The van der Waals surface area contributed by atoms with Crippen LogP contribution in [-0.4, -0.2) is 48.2 Å². The minimum absolute atomic E-state index is 0.127. The van der Waals surface area contributed by atoms with E-state index in [0.717, 1.165) is 19.3 Å². The molecular formula is C24H34N2O5. The molecule has 0 unspecified atom stereocenters. The van der Waals surface area contributed by atoms with Crippen LogP contribution in [0.4, 0.5) is 10.5 Å². The fourth-order valence-corrected chi connectivity index (χ4v) is 4.76. The number of nitrogens with zero attached hydrogens (tertiary/aromatic N) is 1. The summed E-state index contributed by atoms with van der Waals surface area (Å²) in [7, 11) is 1.33. The van der Waals surface area contributed by atoms with Crippen LogP contribution in [0, 0.1) is 11.8 Å². The predicted molar refractivity (Wildman–Crippen MR) is 118 cm³/mol. The van der Waals surface area contributed by atoms with Gasteiger partial charge in [-0.25, -0.2) is 9.59 Å². The van der Waals surface area contributed by atoms with Gasteiger partial charge in [0.15, 0.2) is 0 Å². The van der Waals surface area contributed by atoms with Gasteiger partial charge >= 0.3 is 12.1 Å². The zero-order chi connectivity index (χ0) is 22.6. The SMILES string of the molecule is COC(=O)c1ccc(NC(=O)[C@@H]2[C@H](C3CCCCC3)CCN2C(=O)OC(C)(C)C)cc1. The average Bonchev–Trinajstić information content (AvgIpc) is 3.19. The summed E-state index contributed by atoms with van der Waals surface area (Å²) in [5.74, 6) is -0.0623. The number of anilines is 1. The first-order valence-corrected chi connectivity index (χ1v) is 11.2. The maximum absolute atomic E-state index is 13.4. The maximum Gasteiger partial charge on any atom is 0.410 e. The molecule has 0 spiro atoms. The van der Waals surface area contributed by atoms with Gasteiger partial charge in [-0.15, -0.1) is 0 Å². The lowest BCUT2D eigenvalue weighted by Crippen LogP contribution is -2.49. The lowest BCUT2D eigenvalue weighted by atomic mass is 9.76. The molecule has 170 valence electrons. The van der Waals surface area contributed by atoms with E-state index in [1.807, 2.05) is 20.8 Å². The van der Waals surface area contributed by atoms with Crippen LogP contribution in [-0.2, 0) is 14.3 Å². The number of carbonyl (C=O) groups is 3. The van der Waals surface area contributed by atoms with E-state index >= 15 is 0 Å². The zero-order valence-electron chi connectivity index (χ0n) is 19.0. The molecule has 31 heavy (non-hydrogen) atoms. The van der Waals surface area contributed by atoms with E-state index in [4.69, 9.17) is 9.47 Å². The van der Waals surface area contributed by atoms with E-state index < -0.39 is 23.7 Å². The van der Waals surface area contributed by atoms with Crippen molar-refractivity contribution in [1.82, 2.24) is 4.90 Å². The summed E-state index contributed by atoms with van der Waals surface area (Å²) >= 11 is 0. The Morgan fingerprint density at radius 2 is 1.65 bits per heavy atom. The second kappa shape index (κ2) is 9.71. The molecule has 1 aliphatic carbocycles. The molecule has 3 rings (SSSR count). The van der Waals surface area contributed by atoms with Crippen molar-refractivity contribution in [1.29, 1.82) is 0 Å². The first-order valence-electron chi connectivity index (χ1n) is 11.2. The van der Waals surface area contributed by atoms with Crippen LogP contribution >= 0.6 is 0 Å². The Hall–Kier alpha value is -2.57. The van der Waals surface area contributed by atoms with Crippen LogP contribution in [0.3, 0.4) is 0 Å². The quantitative estimate of drug-likeness (QED) is 0.705. The van der Waals surface area contributed by atoms with E-state index in [0.29, 0.717) is 23.7 Å². The molecule has 2 fully saturated rings. The van der Waals surface area contributed by atoms with Crippen molar-refractivity contribution >= 4 is 23.7 Å². The monoisotopic (exact) mass is 430 g/mol. The zero-order valence-corrected chi connectivity index (χ0v) is 19.0. The number of benzene rings is 1. The molecule has 1 aliphatic heterocycles. The number of ether oxygens (including phenoxy) is 2. The number of esters is 1. The lowest BCUT2D eigenvalue weighted by molar-refractivity contribution is -0.122. The summed E-state index contributed by atoms with van der Waals surface area (Å²) in [6.07, 6.45) is 6.17. The minimum atomic E-state index is -0.620. The van der Waals surface area contributed by atoms with Gasteiger partial charge in [0.1, 0.15) is 11.6 Å². The minimum Gasteiger partial charge on any atom is -0.465 e. The second-order valence-electron chi connectivity index (χ2n) is 9.53. The molecule has 7 heteroatoms. The second-order valence-corrected chi connectivity index (χ2v) is 9.53. The van der Waals surface area contributed by atoms with Crippen LogP contribution in [0.15, 0.2) is 24.3 Å². The maximum atomic E-state index is 13.4. The van der Waals surface area contributed by atoms with Gasteiger partial charge < -0.3 is 14.8 Å². The Bertz CT molecular complexity index is 793. The van der Waals surface area contributed by atoms with Crippen molar-refractivity contribution in [2.45, 2.75) is 70.9 Å². The molecule has 1 aromatic carbocycles. The largest absolute Gasteiger partial charge is 0.465 e. The third kappa shape index (κ3) is 5.77. The number of hydrogen-bond donors (Lipinski definition) is 1. The Morgan fingerprint density at radius 3 is 2.23 bits per heavy atom. The molecule has 0 aromatic heterocycles. The van der Waals surface area contributed by atoms with Gasteiger partial charge in [-0.05, 0) is 63.3 Å². The first-order chi connectivity index (χ1) is 14.7. The standard InChI is InChI=1S/C24H34N2O5/c1-24(2,3)31-23(29)26-15-14-19(16-8-6-5-7-9-16)20(26)21(27)25-18-12-10-17(11-13-18)22(28)30-4/h10-13,16,19-20H,5-9,14-15H2,1-4H3,(H,25,27)/t19-,20-/m0/s1. The fraction of sp³-hybridized carbons (Fsp3) is 0.625. The van der Waals surface area contributed by atoms with Crippen LogP contribution < -0.4 is 5.32 Å². The number of carbonyl (C=O) groups excluding carboxylic acids is 3. The smallest absolute Gasteiger partial charge is 0.410 e. The Morgan fingerprint density at radius 1 is 1.00 bits per heavy atom. The number of nitrogens with one attached hydrogen (secondary N) is 1. The third-order valence-electron chi connectivity index (χ3n) is 6.17. The molecule has 1 aromatic rings. The number of likely N-dealkylation sites (tertiary alicyclic amines) is 1. The Labute approximate surface area is 184 Å². The molecule has 0 radical (unpaired) electrons. The molecule has 0 bridgehead atoms. The molecule has 2 amide bonds. The van der Waals surface area contributed by atoms with E-state index in [-0.39, 0.29) is 11.8 Å². The molecule has 2 aliphatic rings. The fourth-order valence-electron chi connectivity index (χ4n) is 4.76. The van der Waals surface area contributed by atoms with E-state index in [9.17, 15) is 14.4 Å². The molecule has 1 saturated carbocycles.